The van der Waals surface area contributed by atoms with Crippen LogP contribution >= 0.6 is 49.3 Å². The average molecular weight is 1500 g/mol. The number of rotatable bonds is 42. The molecule has 25 atom stereocenters. The number of ether oxygens (including phenoxy) is 16. The van der Waals surface area contributed by atoms with Crippen molar-refractivity contribution in [3.63, 3.8) is 0 Å². The van der Waals surface area contributed by atoms with Gasteiger partial charge in [-0.25, -0.2) is 25.3 Å². The average Bonchev–Trinajstić information content (AvgIpc) is 0.772. The van der Waals surface area contributed by atoms with E-state index in [0.29, 0.717) is 0 Å². The van der Waals surface area contributed by atoms with Crippen molar-refractivity contribution in [2.45, 2.75) is 154 Å². The van der Waals surface area contributed by atoms with Crippen LogP contribution in [0.2, 0.25) is 0 Å². The molecule has 5 fully saturated rings. The summed E-state index contributed by atoms with van der Waals surface area (Å²) in [5.41, 5.74) is 0. The van der Waals surface area contributed by atoms with Crippen molar-refractivity contribution in [1.82, 2.24) is 0 Å². The number of carboxylic acid groups (broad SMARTS) is 2. The minimum atomic E-state index is -5.82. The first kappa shape index (κ1) is 82.3. The van der Waals surface area contributed by atoms with Crippen molar-refractivity contribution in [1.29, 1.82) is 0 Å². The van der Waals surface area contributed by atoms with E-state index in [1.54, 1.807) is 0 Å². The lowest BCUT2D eigenvalue weighted by Crippen LogP contribution is -2.70. The fraction of sp³-hybridized carbons (Fsp3) is 0.947. The Labute approximate surface area is 542 Å². The number of aliphatic carboxylic acids is 2. The second-order valence-electron chi connectivity index (χ2n) is 18.5. The van der Waals surface area contributed by atoms with Crippen LogP contribution in [0.1, 0.15) is 6.92 Å². The molecule has 55 heteroatoms. The summed E-state index contributed by atoms with van der Waals surface area (Å²) >= 11 is -1.25. The van der Waals surface area contributed by atoms with Gasteiger partial charge in [0.2, 0.25) is 31.2 Å². The number of hydrogen-bond acceptors (Lipinski definition) is 52. The molecule has 546 valence electrons. The molecule has 5 heterocycles. The lowest BCUT2D eigenvalue weighted by atomic mass is 9.91. The molecule has 93 heavy (non-hydrogen) atoms. The predicted molar refractivity (Wildman–Crippen MR) is 259 cm³/mol. The third-order valence-corrected chi connectivity index (χ3v) is 16.5. The summed E-state index contributed by atoms with van der Waals surface area (Å²) in [6.45, 7) is -2.34. The van der Waals surface area contributed by atoms with Crippen molar-refractivity contribution in [2.24, 2.45) is 5.92 Å². The van der Waals surface area contributed by atoms with Crippen LogP contribution in [0.25, 0.3) is 0 Å². The number of methoxy groups -OCH3 is 7. The van der Waals surface area contributed by atoms with Crippen molar-refractivity contribution >= 4 is 92.4 Å². The molecule has 0 N–H and O–H groups in total. The topological polar surface area (TPSA) is 630 Å². The molecule has 0 spiro atoms. The smallest absolute Gasteiger partial charge is 0.217 e. The first-order valence-corrected chi connectivity index (χ1v) is 31.8. The Hall–Kier alpha value is -1.33. The van der Waals surface area contributed by atoms with Gasteiger partial charge in [-0.3, -0.25) is 49.4 Å². The zero-order chi connectivity index (χ0) is 69.0. The molecule has 48 nitrogen and oxygen atoms in total. The van der Waals surface area contributed by atoms with Crippen LogP contribution in [0.4, 0.5) is 0 Å². The molecular formula is C38H55O48S7-9. The highest BCUT2D eigenvalue weighted by molar-refractivity contribution is 7.90. The summed E-state index contributed by atoms with van der Waals surface area (Å²) in [5.74, 6) is -5.33. The van der Waals surface area contributed by atoms with E-state index in [1.165, 1.54) is 21.1 Å². The van der Waals surface area contributed by atoms with Gasteiger partial charge in [-0.2, -0.15) is 0 Å². The zero-order valence-corrected chi connectivity index (χ0v) is 53.7. The molecule has 0 amide bonds. The van der Waals surface area contributed by atoms with Crippen molar-refractivity contribution in [3.8, 4) is 0 Å². The molecule has 0 aromatic carbocycles. The molecule has 5 aliphatic heterocycles. The molecule has 0 radical (unpaired) electrons. The summed E-state index contributed by atoms with van der Waals surface area (Å²) in [6.07, 6.45) is -47.7. The standard InChI is InChI=1S/C38H64O48S7/c1-12-16(56-2)17(57-3)13(9-63-91(47,48)49)66-34(12)71-22-20(58-4)28(60-6)36(73-26(22)32(39)40)70-19-15(11-65-93(53,54)55)68-38(31(78-90-86-82-46)25(19)76-88-84-80-44)72-23-21(59-5)29(61-7)37(74-27(23)33(41)42)69-18-14(10-64-92(50,51)52)67-35(62-8)30(77-89-85-81-45)24(18)75-87-83-79-43/h12-31,34-38,43-46H,9-11H2,1-8H3,(H,39,40)(H,41,42)(H,47,48,49)(H,50,51,52)(H,53,54,55)/p-9/t12?,13?,14?,15-,16+,17?,18+,19+,20-,21?,22-,23-,24-,25?,26?,27+,28?,29?,30?,31?,34+,35-,36+,37+,38+/m0/s1. The van der Waals surface area contributed by atoms with Gasteiger partial charge in [0, 0.05) is 55.7 Å². The number of hydrogen-bond donors (Lipinski definition) is 0. The van der Waals surface area contributed by atoms with Gasteiger partial charge in [0.25, 0.3) is 0 Å². The zero-order valence-electron chi connectivity index (χ0n) is 48.0. The maximum absolute atomic E-state index is 13.3. The van der Waals surface area contributed by atoms with Crippen LogP contribution in [0, 0.1) is 5.92 Å². The highest BCUT2D eigenvalue weighted by atomic mass is 32.3. The van der Waals surface area contributed by atoms with Crippen LogP contribution < -0.4 is 31.2 Å². The van der Waals surface area contributed by atoms with Gasteiger partial charge in [0.15, 0.2) is 93.0 Å². The number of carbonyl (C=O) groups excluding carboxylic acids is 2. The van der Waals surface area contributed by atoms with Crippen LogP contribution in [0.3, 0.4) is 0 Å². The fourth-order valence-corrected chi connectivity index (χ4v) is 12.3. The van der Waals surface area contributed by atoms with Crippen molar-refractivity contribution in [3.05, 3.63) is 0 Å². The second-order valence-corrected chi connectivity index (χ2v) is 23.5. The Kier molecular flexibility index (Phi) is 35.1. The van der Waals surface area contributed by atoms with Gasteiger partial charge in [0.05, 0.1) is 37.9 Å². The summed E-state index contributed by atoms with van der Waals surface area (Å²) in [6, 6.07) is 0. The van der Waals surface area contributed by atoms with Gasteiger partial charge >= 0.3 is 0 Å². The second kappa shape index (κ2) is 39.6. The Morgan fingerprint density at radius 3 is 0.968 bits per heavy atom. The predicted octanol–water partition coefficient (Wildman–Crippen LogP) is -10.9. The van der Waals surface area contributed by atoms with Crippen molar-refractivity contribution in [2.75, 3.05) is 69.6 Å². The van der Waals surface area contributed by atoms with Crippen LogP contribution in [0.5, 0.6) is 0 Å². The van der Waals surface area contributed by atoms with E-state index in [1.807, 2.05) is 0 Å². The monoisotopic (exact) mass is 1500 g/mol. The maximum Gasteiger partial charge on any atom is 0.217 e. The molecular weight excluding hydrogens is 1450 g/mol. The van der Waals surface area contributed by atoms with E-state index < -0.39 is 241 Å². The van der Waals surface area contributed by atoms with Crippen molar-refractivity contribution < 1.29 is 222 Å². The van der Waals surface area contributed by atoms with Crippen LogP contribution in [-0.2, 0) is 183 Å². The van der Waals surface area contributed by atoms with Crippen LogP contribution in [-0.4, -0.2) is 268 Å². The lowest BCUT2D eigenvalue weighted by Gasteiger charge is -2.52. The van der Waals surface area contributed by atoms with E-state index in [4.69, 9.17) is 92.5 Å². The van der Waals surface area contributed by atoms with E-state index in [2.05, 4.69) is 50.0 Å². The third kappa shape index (κ3) is 23.4. The van der Waals surface area contributed by atoms with E-state index >= 15 is 0 Å². The van der Waals surface area contributed by atoms with Gasteiger partial charge in [-0.1, -0.05) is 6.92 Å². The summed E-state index contributed by atoms with van der Waals surface area (Å²) in [7, 11) is -9.58. The minimum Gasteiger partial charge on any atom is -0.726 e. The third-order valence-electron chi connectivity index (χ3n) is 13.6. The van der Waals surface area contributed by atoms with Gasteiger partial charge in [-0.15, -0.1) is 17.3 Å². The molecule has 5 saturated heterocycles. The number of carboxylic acids is 2. The lowest BCUT2D eigenvalue weighted by molar-refractivity contribution is -0.778. The molecule has 0 aromatic rings. The highest BCUT2D eigenvalue weighted by Crippen LogP contribution is 2.42. The van der Waals surface area contributed by atoms with E-state index in [-0.39, 0.29) is 24.6 Å². The highest BCUT2D eigenvalue weighted by Gasteiger charge is 2.60. The molecule has 0 aromatic heterocycles. The Balaban J connectivity index is 1.58. The largest absolute Gasteiger partial charge is 0.726 e. The number of carbonyl (C=O) groups is 2. The molecule has 11 unspecified atom stereocenters. The summed E-state index contributed by atoms with van der Waals surface area (Å²) < 4.78 is 251. The Morgan fingerprint density at radius 2 is 0.645 bits per heavy atom. The molecule has 0 aliphatic carbocycles. The van der Waals surface area contributed by atoms with E-state index in [9.17, 15) is 79.7 Å². The molecule has 5 aliphatic rings. The minimum absolute atomic E-state index is 0.203. The van der Waals surface area contributed by atoms with Gasteiger partial charge < -0.3 is 130 Å². The Bertz CT molecular complexity index is 2550. The molecule has 5 rings (SSSR count). The van der Waals surface area contributed by atoms with Crippen LogP contribution in [0.15, 0.2) is 0 Å². The SMILES string of the molecule is COC1C(OC)[C@H](O[C@H]2O[C@@H](COS(=O)(=O)[O-])[C@@H](O[C@@H]3OC(C(=O)[O-])[C@@H](O[C@H]4OC(COS(=O)(=O)[O-])C(OC)[C@H](OC)C4C)[C@H](OC)C3OC)C(OSOO[O-])C2OSOO[O-])[C@H](C(=O)[O-])O[C@H]1O[C@@H]1C(COS(=O)(=O)[O-])O[C@H](OC)C(OSOO[O-])[C@H]1OSOO[O-]. The first-order valence-electron chi connectivity index (χ1n) is 25.1. The fourth-order valence-electron chi connectivity index (χ4n) is 9.95. The summed E-state index contributed by atoms with van der Waals surface area (Å²) in [4.78, 5) is 26.5. The Morgan fingerprint density at radius 1 is 0.355 bits per heavy atom. The van der Waals surface area contributed by atoms with E-state index in [0.717, 1.165) is 35.5 Å². The maximum atomic E-state index is 13.3. The first-order chi connectivity index (χ1) is 44.1. The quantitative estimate of drug-likeness (QED) is 0.0137. The molecule has 0 saturated carbocycles. The van der Waals surface area contributed by atoms with Gasteiger partial charge in [-0.05, 0) is 0 Å². The molecule has 0 bridgehead atoms. The summed E-state index contributed by atoms with van der Waals surface area (Å²) in [5, 5.41) is 83.5. The normalized spacial score (nSPS) is 37.2. The van der Waals surface area contributed by atoms with Gasteiger partial charge in [0.1, 0.15) is 97.7 Å².